The van der Waals surface area contributed by atoms with Gasteiger partial charge in [0, 0.05) is 12.4 Å². The van der Waals surface area contributed by atoms with Crippen LogP contribution < -0.4 is 5.73 Å². The highest BCUT2D eigenvalue weighted by atomic mass is 16.4. The second-order valence-corrected chi connectivity index (χ2v) is 2.19. The number of nitrogens with zero attached hydrogens (tertiary/aromatic N) is 1. The van der Waals surface area contributed by atoms with Crippen LogP contribution in [0.5, 0.6) is 0 Å². The zero-order chi connectivity index (χ0) is 8.97. The predicted molar refractivity (Wildman–Crippen MR) is 44.0 cm³/mol. The molecule has 3 N–H and O–H groups in total. The van der Waals surface area contributed by atoms with Gasteiger partial charge in [0.25, 0.3) is 0 Å². The minimum atomic E-state index is -1.12. The maximum absolute atomic E-state index is 10.3. The van der Waals surface area contributed by atoms with E-state index in [1.807, 2.05) is 0 Å². The predicted octanol–water partition coefficient (Wildman–Crippen LogP) is 0.466. The molecule has 1 aromatic rings. The van der Waals surface area contributed by atoms with Crippen LogP contribution in [0.1, 0.15) is 5.56 Å². The molecule has 0 aliphatic heterocycles. The zero-order valence-electron chi connectivity index (χ0n) is 6.27. The molecule has 4 nitrogen and oxygen atoms in total. The van der Waals surface area contributed by atoms with E-state index in [4.69, 9.17) is 10.8 Å². The quantitative estimate of drug-likeness (QED) is 0.623. The van der Waals surface area contributed by atoms with Crippen LogP contribution >= 0.6 is 0 Å². The van der Waals surface area contributed by atoms with Gasteiger partial charge in [-0.2, -0.15) is 0 Å². The Kier molecular flexibility index (Phi) is 2.42. The van der Waals surface area contributed by atoms with E-state index in [0.717, 1.165) is 5.56 Å². The molecule has 0 unspecified atom stereocenters. The van der Waals surface area contributed by atoms with Gasteiger partial charge in [-0.05, 0) is 23.8 Å². The monoisotopic (exact) mass is 164 g/mol. The zero-order valence-corrected chi connectivity index (χ0v) is 6.27. The summed E-state index contributed by atoms with van der Waals surface area (Å²) >= 11 is 0. The molecule has 0 bridgehead atoms. The Morgan fingerprint density at radius 3 is 2.58 bits per heavy atom. The normalized spacial score (nSPS) is 11.2. The van der Waals surface area contributed by atoms with Gasteiger partial charge in [0.15, 0.2) is 0 Å². The van der Waals surface area contributed by atoms with Crippen molar-refractivity contribution >= 4 is 12.0 Å². The van der Waals surface area contributed by atoms with Crippen molar-refractivity contribution in [2.75, 3.05) is 0 Å². The molecule has 1 aromatic heterocycles. The number of rotatable bonds is 2. The SMILES string of the molecule is N/C(=C/c1ccncc1)C(=O)O. The number of aliphatic carboxylic acids is 1. The summed E-state index contributed by atoms with van der Waals surface area (Å²) in [6.07, 6.45) is 4.52. The first-order valence-electron chi connectivity index (χ1n) is 3.30. The summed E-state index contributed by atoms with van der Waals surface area (Å²) in [5.41, 5.74) is 5.74. The first-order chi connectivity index (χ1) is 5.70. The number of pyridine rings is 1. The number of carboxylic acids is 1. The Morgan fingerprint density at radius 1 is 1.50 bits per heavy atom. The van der Waals surface area contributed by atoms with Crippen LogP contribution in [0.2, 0.25) is 0 Å². The average molecular weight is 164 g/mol. The highest BCUT2D eigenvalue weighted by Crippen LogP contribution is 2.01. The fourth-order valence-electron chi connectivity index (χ4n) is 0.701. The molecule has 0 aliphatic carbocycles. The molecular weight excluding hydrogens is 156 g/mol. The van der Waals surface area contributed by atoms with Crippen molar-refractivity contribution in [3.63, 3.8) is 0 Å². The van der Waals surface area contributed by atoms with Crippen molar-refractivity contribution in [3.8, 4) is 0 Å². The van der Waals surface area contributed by atoms with E-state index in [-0.39, 0.29) is 5.70 Å². The van der Waals surface area contributed by atoms with E-state index in [1.54, 1.807) is 24.5 Å². The average Bonchev–Trinajstić information content (AvgIpc) is 2.06. The molecule has 4 heteroatoms. The highest BCUT2D eigenvalue weighted by Gasteiger charge is 1.99. The van der Waals surface area contributed by atoms with E-state index >= 15 is 0 Å². The smallest absolute Gasteiger partial charge is 0.351 e. The molecule has 0 saturated carbocycles. The van der Waals surface area contributed by atoms with E-state index in [9.17, 15) is 4.79 Å². The van der Waals surface area contributed by atoms with Crippen molar-refractivity contribution in [2.45, 2.75) is 0 Å². The van der Waals surface area contributed by atoms with Crippen molar-refractivity contribution in [3.05, 3.63) is 35.8 Å². The van der Waals surface area contributed by atoms with Gasteiger partial charge >= 0.3 is 5.97 Å². The van der Waals surface area contributed by atoms with Crippen molar-refractivity contribution in [1.29, 1.82) is 0 Å². The Labute approximate surface area is 69.4 Å². The van der Waals surface area contributed by atoms with Crippen LogP contribution in [0.25, 0.3) is 6.08 Å². The van der Waals surface area contributed by atoms with Gasteiger partial charge in [-0.1, -0.05) is 0 Å². The molecule has 62 valence electrons. The third-order valence-corrected chi connectivity index (χ3v) is 1.28. The Balaban J connectivity index is 2.89. The topological polar surface area (TPSA) is 76.2 Å². The lowest BCUT2D eigenvalue weighted by atomic mass is 10.2. The molecule has 0 saturated heterocycles. The fourth-order valence-corrected chi connectivity index (χ4v) is 0.701. The highest BCUT2D eigenvalue weighted by molar-refractivity contribution is 5.90. The minimum absolute atomic E-state index is 0.179. The lowest BCUT2D eigenvalue weighted by molar-refractivity contribution is -0.132. The second kappa shape index (κ2) is 3.52. The Morgan fingerprint density at radius 2 is 2.08 bits per heavy atom. The largest absolute Gasteiger partial charge is 0.477 e. The van der Waals surface area contributed by atoms with Gasteiger partial charge in [-0.25, -0.2) is 4.79 Å². The van der Waals surface area contributed by atoms with Gasteiger partial charge in [-0.3, -0.25) is 4.98 Å². The second-order valence-electron chi connectivity index (χ2n) is 2.19. The molecule has 0 aliphatic rings. The van der Waals surface area contributed by atoms with Crippen LogP contribution in [0.15, 0.2) is 30.2 Å². The van der Waals surface area contributed by atoms with Crippen LogP contribution in [-0.4, -0.2) is 16.1 Å². The molecule has 0 atom stereocenters. The molecule has 0 aromatic carbocycles. The Bertz CT molecular complexity index is 306. The molecule has 12 heavy (non-hydrogen) atoms. The van der Waals surface area contributed by atoms with Crippen LogP contribution in [0.3, 0.4) is 0 Å². The molecule has 0 radical (unpaired) electrons. The van der Waals surface area contributed by atoms with Gasteiger partial charge in [-0.15, -0.1) is 0 Å². The molecule has 0 amide bonds. The molecule has 1 rings (SSSR count). The van der Waals surface area contributed by atoms with Crippen molar-refractivity contribution in [1.82, 2.24) is 4.98 Å². The first kappa shape index (κ1) is 8.26. The van der Waals surface area contributed by atoms with E-state index in [0.29, 0.717) is 0 Å². The summed E-state index contributed by atoms with van der Waals surface area (Å²) in [5, 5.41) is 8.43. The van der Waals surface area contributed by atoms with Crippen molar-refractivity contribution in [2.24, 2.45) is 5.73 Å². The lowest BCUT2D eigenvalue weighted by Crippen LogP contribution is -2.09. The standard InChI is InChI=1S/C8H8N2O2/c9-7(8(11)12)5-6-1-3-10-4-2-6/h1-5H,9H2,(H,11,12)/b7-5+. The van der Waals surface area contributed by atoms with E-state index in [1.165, 1.54) is 6.08 Å². The van der Waals surface area contributed by atoms with Crippen LogP contribution in [0, 0.1) is 0 Å². The minimum Gasteiger partial charge on any atom is -0.477 e. The third kappa shape index (κ3) is 2.09. The van der Waals surface area contributed by atoms with Gasteiger partial charge in [0.1, 0.15) is 5.70 Å². The summed E-state index contributed by atoms with van der Waals surface area (Å²) in [4.78, 5) is 14.1. The van der Waals surface area contributed by atoms with E-state index < -0.39 is 5.97 Å². The maximum Gasteiger partial charge on any atom is 0.351 e. The molecule has 1 heterocycles. The maximum atomic E-state index is 10.3. The first-order valence-corrected chi connectivity index (χ1v) is 3.30. The summed E-state index contributed by atoms with van der Waals surface area (Å²) in [5.74, 6) is -1.12. The number of aromatic nitrogens is 1. The summed E-state index contributed by atoms with van der Waals surface area (Å²) in [6.45, 7) is 0. The van der Waals surface area contributed by atoms with E-state index in [2.05, 4.69) is 4.98 Å². The van der Waals surface area contributed by atoms with Crippen molar-refractivity contribution < 1.29 is 9.90 Å². The molecule has 0 fully saturated rings. The summed E-state index contributed by atoms with van der Waals surface area (Å²) in [7, 11) is 0. The van der Waals surface area contributed by atoms with Gasteiger partial charge in [0.2, 0.25) is 0 Å². The number of hydrogen-bond acceptors (Lipinski definition) is 3. The number of nitrogens with two attached hydrogens (primary N) is 1. The van der Waals surface area contributed by atoms with Crippen LogP contribution in [0.4, 0.5) is 0 Å². The molecule has 0 spiro atoms. The Hall–Kier alpha value is -1.84. The lowest BCUT2D eigenvalue weighted by Gasteiger charge is -1.93. The van der Waals surface area contributed by atoms with Gasteiger partial charge in [0.05, 0.1) is 0 Å². The summed E-state index contributed by atoms with van der Waals surface area (Å²) < 4.78 is 0. The number of hydrogen-bond donors (Lipinski definition) is 2. The number of carboxylic acid groups (broad SMARTS) is 1. The van der Waals surface area contributed by atoms with Gasteiger partial charge < -0.3 is 10.8 Å². The fraction of sp³-hybridized carbons (Fsp3) is 0. The summed E-state index contributed by atoms with van der Waals surface area (Å²) in [6, 6.07) is 3.35. The molecular formula is C8H8N2O2. The van der Waals surface area contributed by atoms with Crippen LogP contribution in [-0.2, 0) is 4.79 Å². The third-order valence-electron chi connectivity index (χ3n) is 1.28. The number of carbonyl (C=O) groups is 1.